The molecule has 0 fully saturated rings. The number of halogens is 1. The number of hydrogen-bond donors (Lipinski definition) is 1. The lowest BCUT2D eigenvalue weighted by atomic mass is 10.1. The average Bonchev–Trinajstić information content (AvgIpc) is 2.86. The van der Waals surface area contributed by atoms with Crippen molar-refractivity contribution in [2.24, 2.45) is 7.05 Å². The summed E-state index contributed by atoms with van der Waals surface area (Å²) in [5, 5.41) is 7.98. The second kappa shape index (κ2) is 4.43. The molecule has 0 spiro atoms. The molecular weight excluding hydrogens is 290 g/mol. The monoisotopic (exact) mass is 305 g/mol. The van der Waals surface area contributed by atoms with Crippen LogP contribution in [-0.4, -0.2) is 9.78 Å². The van der Waals surface area contributed by atoms with Crippen LogP contribution < -0.4 is 5.32 Å². The summed E-state index contributed by atoms with van der Waals surface area (Å²) < 4.78 is 3.08. The molecule has 2 aromatic rings. The van der Waals surface area contributed by atoms with Crippen LogP contribution in [0.2, 0.25) is 0 Å². The van der Waals surface area contributed by atoms with Gasteiger partial charge in [-0.15, -0.1) is 0 Å². The molecule has 0 amide bonds. The molecule has 3 nitrogen and oxygen atoms in total. The van der Waals surface area contributed by atoms with Gasteiger partial charge >= 0.3 is 0 Å². The normalized spacial score (nSPS) is 17.8. The first kappa shape index (κ1) is 11.8. The van der Waals surface area contributed by atoms with Crippen molar-refractivity contribution in [3.63, 3.8) is 0 Å². The maximum Gasteiger partial charge on any atom is 0.0825 e. The molecule has 1 N–H and O–H groups in total. The van der Waals surface area contributed by atoms with Crippen LogP contribution in [0.4, 0.5) is 5.69 Å². The molecule has 1 aromatic heterocycles. The first-order chi connectivity index (χ1) is 8.65. The zero-order valence-electron chi connectivity index (χ0n) is 10.6. The Morgan fingerprint density at radius 3 is 3.00 bits per heavy atom. The Morgan fingerprint density at radius 2 is 2.28 bits per heavy atom. The Kier molecular flexibility index (Phi) is 2.90. The lowest BCUT2D eigenvalue weighted by Gasteiger charge is -2.14. The maximum atomic E-state index is 4.37. The second-order valence-corrected chi connectivity index (χ2v) is 5.70. The van der Waals surface area contributed by atoms with E-state index < -0.39 is 0 Å². The van der Waals surface area contributed by atoms with E-state index >= 15 is 0 Å². The Hall–Kier alpha value is -1.29. The predicted octanol–water partition coefficient (Wildman–Crippen LogP) is 3.59. The third-order valence-corrected chi connectivity index (χ3v) is 4.30. The fourth-order valence-electron chi connectivity index (χ4n) is 2.69. The minimum atomic E-state index is 0.403. The van der Waals surface area contributed by atoms with Crippen molar-refractivity contribution in [1.82, 2.24) is 9.78 Å². The molecule has 0 aliphatic heterocycles. The molecule has 94 valence electrons. The average molecular weight is 306 g/mol. The molecule has 0 saturated heterocycles. The van der Waals surface area contributed by atoms with Gasteiger partial charge in [0.05, 0.1) is 17.4 Å². The summed E-state index contributed by atoms with van der Waals surface area (Å²) in [5.74, 6) is 0. The quantitative estimate of drug-likeness (QED) is 0.919. The van der Waals surface area contributed by atoms with Crippen molar-refractivity contribution >= 4 is 21.6 Å². The van der Waals surface area contributed by atoms with Gasteiger partial charge in [0.2, 0.25) is 0 Å². The van der Waals surface area contributed by atoms with E-state index in [1.807, 2.05) is 24.9 Å². The number of rotatable bonds is 2. The smallest absolute Gasteiger partial charge is 0.0825 e. The van der Waals surface area contributed by atoms with Gasteiger partial charge in [-0.05, 0) is 37.0 Å². The van der Waals surface area contributed by atoms with Gasteiger partial charge in [0.25, 0.3) is 0 Å². The topological polar surface area (TPSA) is 29.9 Å². The summed E-state index contributed by atoms with van der Waals surface area (Å²) in [6.07, 6.45) is 4.32. The standard InChI is InChI=1S/C14H16BrN3/c1-9-14(8-18(2)17-9)16-13-7-6-10-11(13)4-3-5-12(10)15/h3-5,8,13,16H,6-7H2,1-2H3. The van der Waals surface area contributed by atoms with E-state index in [9.17, 15) is 0 Å². The van der Waals surface area contributed by atoms with Crippen LogP contribution in [0.15, 0.2) is 28.9 Å². The van der Waals surface area contributed by atoms with E-state index in [1.165, 1.54) is 15.6 Å². The highest BCUT2D eigenvalue weighted by molar-refractivity contribution is 9.10. The van der Waals surface area contributed by atoms with E-state index in [4.69, 9.17) is 0 Å². The van der Waals surface area contributed by atoms with E-state index in [0.717, 1.165) is 24.2 Å². The Morgan fingerprint density at radius 1 is 1.44 bits per heavy atom. The number of nitrogens with one attached hydrogen (secondary N) is 1. The van der Waals surface area contributed by atoms with Gasteiger partial charge in [-0.25, -0.2) is 0 Å². The summed E-state index contributed by atoms with van der Waals surface area (Å²) >= 11 is 3.63. The summed E-state index contributed by atoms with van der Waals surface area (Å²) in [5.41, 5.74) is 5.04. The summed E-state index contributed by atoms with van der Waals surface area (Å²) in [4.78, 5) is 0. The molecule has 0 radical (unpaired) electrons. The maximum absolute atomic E-state index is 4.37. The predicted molar refractivity (Wildman–Crippen MR) is 76.8 cm³/mol. The van der Waals surface area contributed by atoms with Crippen molar-refractivity contribution in [2.75, 3.05) is 5.32 Å². The van der Waals surface area contributed by atoms with Crippen molar-refractivity contribution in [1.29, 1.82) is 0 Å². The second-order valence-electron chi connectivity index (χ2n) is 4.85. The van der Waals surface area contributed by atoms with Gasteiger partial charge in [0.15, 0.2) is 0 Å². The number of anilines is 1. The van der Waals surface area contributed by atoms with E-state index in [1.54, 1.807) is 0 Å². The first-order valence-corrected chi connectivity index (χ1v) is 6.98. The Labute approximate surface area is 115 Å². The highest BCUT2D eigenvalue weighted by atomic mass is 79.9. The van der Waals surface area contributed by atoms with Gasteiger partial charge in [-0.3, -0.25) is 4.68 Å². The number of aryl methyl sites for hydroxylation is 2. The molecule has 0 saturated carbocycles. The SMILES string of the molecule is Cc1nn(C)cc1NC1CCc2c(Br)cccc21. The van der Waals surface area contributed by atoms with Crippen molar-refractivity contribution in [3.05, 3.63) is 45.7 Å². The van der Waals surface area contributed by atoms with Crippen LogP contribution in [0.3, 0.4) is 0 Å². The number of benzene rings is 1. The van der Waals surface area contributed by atoms with Crippen LogP contribution in [0, 0.1) is 6.92 Å². The minimum absolute atomic E-state index is 0.403. The van der Waals surface area contributed by atoms with E-state index in [0.29, 0.717) is 6.04 Å². The summed E-state index contributed by atoms with van der Waals surface area (Å²) in [6, 6.07) is 6.85. The summed E-state index contributed by atoms with van der Waals surface area (Å²) in [7, 11) is 1.96. The van der Waals surface area contributed by atoms with E-state index in [2.05, 4.69) is 44.5 Å². The van der Waals surface area contributed by atoms with Crippen LogP contribution >= 0.6 is 15.9 Å². The highest BCUT2D eigenvalue weighted by Crippen LogP contribution is 2.37. The molecule has 1 aliphatic rings. The van der Waals surface area contributed by atoms with Crippen LogP contribution in [0.5, 0.6) is 0 Å². The third-order valence-electron chi connectivity index (χ3n) is 3.56. The molecule has 3 rings (SSSR count). The minimum Gasteiger partial charge on any atom is -0.375 e. The molecule has 1 atom stereocenters. The zero-order chi connectivity index (χ0) is 12.7. The lowest BCUT2D eigenvalue weighted by Crippen LogP contribution is -2.07. The molecule has 1 heterocycles. The molecule has 1 aliphatic carbocycles. The lowest BCUT2D eigenvalue weighted by molar-refractivity contribution is 0.755. The third kappa shape index (κ3) is 1.94. The summed E-state index contributed by atoms with van der Waals surface area (Å²) in [6.45, 7) is 2.04. The largest absolute Gasteiger partial charge is 0.375 e. The highest BCUT2D eigenvalue weighted by Gasteiger charge is 2.24. The van der Waals surface area contributed by atoms with Crippen LogP contribution in [0.1, 0.15) is 29.3 Å². The Bertz CT molecular complexity index is 589. The fraction of sp³-hybridized carbons (Fsp3) is 0.357. The first-order valence-electron chi connectivity index (χ1n) is 6.19. The van der Waals surface area contributed by atoms with Gasteiger partial charge in [-0.2, -0.15) is 5.10 Å². The van der Waals surface area contributed by atoms with Crippen molar-refractivity contribution in [3.8, 4) is 0 Å². The number of hydrogen-bond acceptors (Lipinski definition) is 2. The molecule has 4 heteroatoms. The van der Waals surface area contributed by atoms with Gasteiger partial charge < -0.3 is 5.32 Å². The zero-order valence-corrected chi connectivity index (χ0v) is 12.2. The Balaban J connectivity index is 1.89. The number of aromatic nitrogens is 2. The van der Waals surface area contributed by atoms with Gasteiger partial charge in [-0.1, -0.05) is 28.1 Å². The van der Waals surface area contributed by atoms with Crippen molar-refractivity contribution < 1.29 is 0 Å². The van der Waals surface area contributed by atoms with Gasteiger partial charge in [0, 0.05) is 17.7 Å². The molecule has 1 unspecified atom stereocenters. The molecule has 1 aromatic carbocycles. The molecule has 18 heavy (non-hydrogen) atoms. The number of fused-ring (bicyclic) bond motifs is 1. The van der Waals surface area contributed by atoms with Gasteiger partial charge in [0.1, 0.15) is 0 Å². The van der Waals surface area contributed by atoms with Crippen LogP contribution in [-0.2, 0) is 13.5 Å². The van der Waals surface area contributed by atoms with Crippen molar-refractivity contribution in [2.45, 2.75) is 25.8 Å². The van der Waals surface area contributed by atoms with Crippen LogP contribution in [0.25, 0.3) is 0 Å². The van der Waals surface area contributed by atoms with E-state index in [-0.39, 0.29) is 0 Å². The fourth-order valence-corrected chi connectivity index (χ4v) is 3.27. The molecular formula is C14H16BrN3. The molecule has 0 bridgehead atoms. The number of nitrogens with zero attached hydrogens (tertiary/aromatic N) is 2.